The summed E-state index contributed by atoms with van der Waals surface area (Å²) in [6.07, 6.45) is 8.06. The van der Waals surface area contributed by atoms with Crippen LogP contribution in [0.5, 0.6) is 0 Å². The summed E-state index contributed by atoms with van der Waals surface area (Å²) in [7, 11) is -3.42. The van der Waals surface area contributed by atoms with Crippen molar-refractivity contribution in [3.8, 4) is 0 Å². The molecule has 0 aromatic rings. The summed E-state index contributed by atoms with van der Waals surface area (Å²) < 4.78 is 27.1. The molecule has 50 heavy (non-hydrogen) atoms. The lowest BCUT2D eigenvalue weighted by Gasteiger charge is -2.39. The maximum Gasteiger partial charge on any atom is 0.315 e. The van der Waals surface area contributed by atoms with Crippen molar-refractivity contribution < 1.29 is 32.4 Å². The molecule has 282 valence electrons. The number of amides is 5. The summed E-state index contributed by atoms with van der Waals surface area (Å²) in [5.41, 5.74) is -0.668. The summed E-state index contributed by atoms with van der Waals surface area (Å²) in [5.74, 6) is -2.43. The molecular formula is C36H60N6O7S. The zero-order chi connectivity index (χ0) is 37.0. The number of Topliss-reactive ketones (excluding diaryl/α,β-unsaturated/α-hetero) is 1. The minimum Gasteiger partial charge on any atom is -0.346 e. The molecule has 4 fully saturated rings. The number of hydrogen-bond donors (Lipinski definition) is 4. The van der Waals surface area contributed by atoms with Crippen LogP contribution in [0.3, 0.4) is 0 Å². The molecule has 2 aliphatic heterocycles. The second kappa shape index (κ2) is 16.1. The number of nitrogens with zero attached hydrogens (tertiary/aromatic N) is 2. The van der Waals surface area contributed by atoms with Gasteiger partial charge in [-0.05, 0) is 60.7 Å². The molecule has 2 saturated carbocycles. The number of nitrogens with one attached hydrogen (secondary N) is 4. The van der Waals surface area contributed by atoms with Crippen molar-refractivity contribution in [1.29, 1.82) is 0 Å². The van der Waals surface area contributed by atoms with Crippen LogP contribution in [-0.2, 0) is 29.2 Å². The van der Waals surface area contributed by atoms with E-state index in [1.54, 1.807) is 4.90 Å². The van der Waals surface area contributed by atoms with Gasteiger partial charge in [-0.25, -0.2) is 13.2 Å². The summed E-state index contributed by atoms with van der Waals surface area (Å²) in [6.45, 7) is 16.4. The third kappa shape index (κ3) is 9.07. The highest BCUT2D eigenvalue weighted by atomic mass is 32.2. The molecule has 4 aliphatic rings. The van der Waals surface area contributed by atoms with E-state index >= 15 is 0 Å². The van der Waals surface area contributed by atoms with Gasteiger partial charge in [-0.1, -0.05) is 73.3 Å². The number of rotatable bonds is 14. The standard InChI is InChI=1S/C36H60N6O7S/c1-8-15-25(30(43)32(45)37-18-9-2)38-31(44)29-27-24(36(27,6)7)21-42(29)33(46)28(23-16-11-10-12-17-23)40-34(47)39-26(35(3,4)5)22-41-19-13-14-20-50(41,48)49/h9,23-29H,2,8,10-22H2,1,3-7H3,(H,37,45)(H,38,44)(H2,39,40,47)/t24-,25?,26+,27-,28-,29?/m0/s1. The van der Waals surface area contributed by atoms with Gasteiger partial charge in [-0.15, -0.1) is 6.58 Å². The van der Waals surface area contributed by atoms with Crippen LogP contribution >= 0.6 is 0 Å². The summed E-state index contributed by atoms with van der Waals surface area (Å²) in [6, 6.07) is -3.84. The van der Waals surface area contributed by atoms with Crippen molar-refractivity contribution in [1.82, 2.24) is 30.5 Å². The van der Waals surface area contributed by atoms with Crippen LogP contribution in [0.4, 0.5) is 4.79 Å². The number of carbonyl (C=O) groups is 5. The van der Waals surface area contributed by atoms with E-state index in [0.717, 1.165) is 38.5 Å². The van der Waals surface area contributed by atoms with Gasteiger partial charge in [0, 0.05) is 32.2 Å². The van der Waals surface area contributed by atoms with Gasteiger partial charge in [0.05, 0.1) is 11.8 Å². The van der Waals surface area contributed by atoms with Crippen molar-refractivity contribution in [2.24, 2.45) is 28.6 Å². The lowest BCUT2D eigenvalue weighted by molar-refractivity contribution is -0.144. The van der Waals surface area contributed by atoms with Crippen molar-refractivity contribution in [2.45, 2.75) is 123 Å². The Morgan fingerprint density at radius 1 is 0.980 bits per heavy atom. The molecule has 14 heteroatoms. The lowest BCUT2D eigenvalue weighted by Crippen LogP contribution is -2.62. The number of ketones is 1. The number of sulfonamides is 1. The third-order valence-electron chi connectivity index (χ3n) is 11.5. The Kier molecular flexibility index (Phi) is 12.8. The van der Waals surface area contributed by atoms with Gasteiger partial charge in [0.2, 0.25) is 27.6 Å². The van der Waals surface area contributed by atoms with Crippen LogP contribution in [-0.4, -0.2) is 103 Å². The first-order valence-electron chi connectivity index (χ1n) is 18.5. The Labute approximate surface area is 298 Å². The molecular weight excluding hydrogens is 660 g/mol. The van der Waals surface area contributed by atoms with Gasteiger partial charge in [-0.3, -0.25) is 19.2 Å². The van der Waals surface area contributed by atoms with E-state index in [1.165, 1.54) is 10.4 Å². The first kappa shape index (κ1) is 39.8. The van der Waals surface area contributed by atoms with Gasteiger partial charge in [-0.2, -0.15) is 4.31 Å². The number of hydrogen-bond acceptors (Lipinski definition) is 7. The minimum atomic E-state index is -3.42. The molecule has 2 aliphatic carbocycles. The zero-order valence-electron chi connectivity index (χ0n) is 30.9. The van der Waals surface area contributed by atoms with Crippen LogP contribution < -0.4 is 21.3 Å². The molecule has 4 N–H and O–H groups in total. The Bertz CT molecular complexity index is 1400. The fraction of sp³-hybridized carbons (Fsp3) is 0.806. The molecule has 0 spiro atoms. The average Bonchev–Trinajstić information content (AvgIpc) is 3.36. The molecule has 4 rings (SSSR count). The van der Waals surface area contributed by atoms with Gasteiger partial charge in [0.1, 0.15) is 12.1 Å². The SMILES string of the molecule is C=CCNC(=O)C(=O)C(CCC)NC(=O)C1[C@@H]2[C@H](CN1C(=O)[C@@H](NC(=O)N[C@H](CN1CCCCS1(=O)=O)C(C)(C)C)C1CCCCC1)C2(C)C. The van der Waals surface area contributed by atoms with E-state index in [1.807, 2.05) is 27.7 Å². The molecule has 2 saturated heterocycles. The van der Waals surface area contributed by atoms with Gasteiger partial charge >= 0.3 is 6.03 Å². The monoisotopic (exact) mass is 720 g/mol. The van der Waals surface area contributed by atoms with Crippen molar-refractivity contribution >= 4 is 39.6 Å². The first-order chi connectivity index (χ1) is 23.4. The van der Waals surface area contributed by atoms with Crippen LogP contribution in [0.15, 0.2) is 12.7 Å². The molecule has 13 nitrogen and oxygen atoms in total. The first-order valence-corrected chi connectivity index (χ1v) is 20.1. The van der Waals surface area contributed by atoms with E-state index in [9.17, 15) is 32.4 Å². The maximum atomic E-state index is 14.6. The smallest absolute Gasteiger partial charge is 0.315 e. The number of likely N-dealkylation sites (tertiary alicyclic amines) is 1. The molecule has 2 heterocycles. The van der Waals surface area contributed by atoms with Crippen molar-refractivity contribution in [2.75, 3.05) is 31.9 Å². The quantitative estimate of drug-likeness (QED) is 0.158. The Morgan fingerprint density at radius 3 is 2.26 bits per heavy atom. The highest BCUT2D eigenvalue weighted by Crippen LogP contribution is 2.65. The van der Waals surface area contributed by atoms with Crippen molar-refractivity contribution in [3.05, 3.63) is 12.7 Å². The molecule has 6 atom stereocenters. The normalized spacial score (nSPS) is 26.4. The van der Waals surface area contributed by atoms with E-state index in [-0.39, 0.29) is 54.3 Å². The molecule has 0 aromatic heterocycles. The molecule has 0 radical (unpaired) electrons. The van der Waals surface area contributed by atoms with E-state index in [0.29, 0.717) is 25.9 Å². The summed E-state index contributed by atoms with van der Waals surface area (Å²) >= 11 is 0. The number of urea groups is 1. The maximum absolute atomic E-state index is 14.6. The lowest BCUT2D eigenvalue weighted by atomic mass is 9.83. The minimum absolute atomic E-state index is 0.0796. The highest BCUT2D eigenvalue weighted by Gasteiger charge is 2.69. The Balaban J connectivity index is 1.55. The molecule has 2 unspecified atom stereocenters. The van der Waals surface area contributed by atoms with E-state index in [4.69, 9.17) is 0 Å². The van der Waals surface area contributed by atoms with Crippen LogP contribution in [0.1, 0.15) is 99.3 Å². The number of piperidine rings is 1. The summed E-state index contributed by atoms with van der Waals surface area (Å²) in [4.78, 5) is 69.6. The van der Waals surface area contributed by atoms with Crippen LogP contribution in [0.25, 0.3) is 0 Å². The predicted octanol–water partition coefficient (Wildman–Crippen LogP) is 2.71. The Morgan fingerprint density at radius 2 is 1.66 bits per heavy atom. The number of carbonyl (C=O) groups excluding carboxylic acids is 5. The largest absolute Gasteiger partial charge is 0.346 e. The third-order valence-corrected chi connectivity index (χ3v) is 13.4. The zero-order valence-corrected chi connectivity index (χ0v) is 31.7. The second-order valence-corrected chi connectivity index (χ2v) is 18.5. The van der Waals surface area contributed by atoms with Gasteiger partial charge < -0.3 is 26.2 Å². The van der Waals surface area contributed by atoms with E-state index in [2.05, 4.69) is 41.7 Å². The fourth-order valence-electron chi connectivity index (χ4n) is 8.19. The topological polar surface area (TPSA) is 174 Å². The molecule has 5 amide bonds. The van der Waals surface area contributed by atoms with Crippen molar-refractivity contribution in [3.63, 3.8) is 0 Å². The predicted molar refractivity (Wildman–Crippen MR) is 191 cm³/mol. The Hall–Kier alpha value is -3.00. The fourth-order valence-corrected chi connectivity index (χ4v) is 9.80. The number of fused-ring (bicyclic) bond motifs is 1. The second-order valence-electron chi connectivity index (χ2n) is 16.4. The summed E-state index contributed by atoms with van der Waals surface area (Å²) in [5, 5.41) is 11.3. The van der Waals surface area contributed by atoms with Crippen LogP contribution in [0.2, 0.25) is 0 Å². The highest BCUT2D eigenvalue weighted by molar-refractivity contribution is 7.89. The average molecular weight is 721 g/mol. The molecule has 0 bridgehead atoms. The van der Waals surface area contributed by atoms with Gasteiger partial charge in [0.25, 0.3) is 5.91 Å². The van der Waals surface area contributed by atoms with E-state index < -0.39 is 63.2 Å². The van der Waals surface area contributed by atoms with Crippen LogP contribution in [0, 0.1) is 28.6 Å². The molecule has 0 aromatic carbocycles. The van der Waals surface area contributed by atoms with Gasteiger partial charge in [0.15, 0.2) is 0 Å².